The summed E-state index contributed by atoms with van der Waals surface area (Å²) in [7, 11) is 0. The fraction of sp³-hybridized carbons (Fsp3) is 0.235. The first-order valence-corrected chi connectivity index (χ1v) is 6.48. The molecule has 0 aromatic heterocycles. The molecule has 2 aromatic carbocycles. The van der Waals surface area contributed by atoms with Gasteiger partial charge in [0.2, 0.25) is 0 Å². The van der Waals surface area contributed by atoms with Crippen molar-refractivity contribution in [3.05, 3.63) is 60.2 Å². The number of carbonyl (C=O) groups excluding carboxylic acids is 1. The number of aldehydes is 1. The highest BCUT2D eigenvalue weighted by molar-refractivity contribution is 5.63. The topological polar surface area (TPSA) is 17.1 Å². The van der Waals surface area contributed by atoms with Crippen LogP contribution in [0.25, 0.3) is 11.1 Å². The predicted molar refractivity (Wildman–Crippen MR) is 75.5 cm³/mol. The van der Waals surface area contributed by atoms with Gasteiger partial charge in [-0.05, 0) is 36.0 Å². The Morgan fingerprint density at radius 1 is 0.778 bits per heavy atom. The minimum atomic E-state index is 0.683. The predicted octanol–water partition coefficient (Wildman–Crippen LogP) is 4.27. The number of hydrogen-bond acceptors (Lipinski definition) is 1. The molecule has 0 fully saturated rings. The maximum absolute atomic E-state index is 10.2. The molecule has 0 saturated carbocycles. The molecule has 0 saturated heterocycles. The van der Waals surface area contributed by atoms with Crippen LogP contribution in [-0.2, 0) is 11.2 Å². The van der Waals surface area contributed by atoms with Gasteiger partial charge in [0.1, 0.15) is 6.29 Å². The lowest BCUT2D eigenvalue weighted by molar-refractivity contribution is -0.107. The van der Waals surface area contributed by atoms with E-state index in [9.17, 15) is 4.79 Å². The van der Waals surface area contributed by atoms with Crippen LogP contribution in [0.4, 0.5) is 0 Å². The van der Waals surface area contributed by atoms with Gasteiger partial charge in [-0.25, -0.2) is 0 Å². The van der Waals surface area contributed by atoms with E-state index < -0.39 is 0 Å². The zero-order valence-electron chi connectivity index (χ0n) is 10.5. The van der Waals surface area contributed by atoms with Crippen molar-refractivity contribution in [1.82, 2.24) is 0 Å². The first-order chi connectivity index (χ1) is 8.90. The molecule has 0 atom stereocenters. The summed E-state index contributed by atoms with van der Waals surface area (Å²) in [5, 5.41) is 0. The van der Waals surface area contributed by atoms with Crippen molar-refractivity contribution in [3.63, 3.8) is 0 Å². The van der Waals surface area contributed by atoms with Gasteiger partial charge in [-0.2, -0.15) is 0 Å². The van der Waals surface area contributed by atoms with Crippen LogP contribution >= 0.6 is 0 Å². The number of unbranched alkanes of at least 4 members (excludes halogenated alkanes) is 2. The summed E-state index contributed by atoms with van der Waals surface area (Å²) in [6, 6.07) is 19.1. The van der Waals surface area contributed by atoms with E-state index in [-0.39, 0.29) is 0 Å². The third-order valence-electron chi connectivity index (χ3n) is 3.10. The van der Waals surface area contributed by atoms with Crippen molar-refractivity contribution in [2.75, 3.05) is 0 Å². The quantitative estimate of drug-likeness (QED) is 0.542. The Morgan fingerprint density at radius 3 is 2.11 bits per heavy atom. The smallest absolute Gasteiger partial charge is 0.119 e. The highest BCUT2D eigenvalue weighted by Crippen LogP contribution is 2.19. The molecule has 1 nitrogen and oxygen atoms in total. The molecule has 0 bridgehead atoms. The van der Waals surface area contributed by atoms with Crippen molar-refractivity contribution in [2.45, 2.75) is 25.7 Å². The van der Waals surface area contributed by atoms with Gasteiger partial charge in [0.15, 0.2) is 0 Å². The van der Waals surface area contributed by atoms with Crippen LogP contribution < -0.4 is 0 Å². The first kappa shape index (κ1) is 12.6. The van der Waals surface area contributed by atoms with E-state index in [2.05, 4.69) is 48.5 Å². The average molecular weight is 238 g/mol. The summed E-state index contributed by atoms with van der Waals surface area (Å²) in [4.78, 5) is 10.2. The van der Waals surface area contributed by atoms with Crippen LogP contribution in [0.1, 0.15) is 24.8 Å². The molecule has 0 amide bonds. The molecule has 0 aliphatic rings. The molecule has 0 N–H and O–H groups in total. The van der Waals surface area contributed by atoms with E-state index in [1.54, 1.807) is 0 Å². The van der Waals surface area contributed by atoms with E-state index in [0.717, 1.165) is 25.5 Å². The Balaban J connectivity index is 1.95. The lowest BCUT2D eigenvalue weighted by atomic mass is 10.0. The molecule has 0 radical (unpaired) electrons. The van der Waals surface area contributed by atoms with E-state index in [0.29, 0.717) is 6.42 Å². The van der Waals surface area contributed by atoms with E-state index in [1.165, 1.54) is 16.7 Å². The minimum Gasteiger partial charge on any atom is -0.303 e. The third kappa shape index (κ3) is 3.56. The largest absolute Gasteiger partial charge is 0.303 e. The summed E-state index contributed by atoms with van der Waals surface area (Å²) >= 11 is 0. The molecule has 0 aliphatic carbocycles. The first-order valence-electron chi connectivity index (χ1n) is 6.48. The second-order valence-corrected chi connectivity index (χ2v) is 4.48. The molecular formula is C17H18O. The second-order valence-electron chi connectivity index (χ2n) is 4.48. The number of aryl methyl sites for hydroxylation is 1. The van der Waals surface area contributed by atoms with Crippen LogP contribution in [0.3, 0.4) is 0 Å². The number of hydrogen-bond donors (Lipinski definition) is 0. The molecule has 18 heavy (non-hydrogen) atoms. The maximum atomic E-state index is 10.2. The monoisotopic (exact) mass is 238 g/mol. The van der Waals surface area contributed by atoms with Crippen molar-refractivity contribution in [3.8, 4) is 11.1 Å². The molecule has 2 aromatic rings. The summed E-state index contributed by atoms with van der Waals surface area (Å²) < 4.78 is 0. The van der Waals surface area contributed by atoms with Gasteiger partial charge in [-0.3, -0.25) is 0 Å². The van der Waals surface area contributed by atoms with Crippen LogP contribution in [0.5, 0.6) is 0 Å². The van der Waals surface area contributed by atoms with Gasteiger partial charge in [0.05, 0.1) is 0 Å². The Kier molecular flexibility index (Phi) is 4.71. The highest BCUT2D eigenvalue weighted by Gasteiger charge is 1.97. The Bertz CT molecular complexity index is 471. The zero-order valence-corrected chi connectivity index (χ0v) is 10.5. The maximum Gasteiger partial charge on any atom is 0.119 e. The molecular weight excluding hydrogens is 220 g/mol. The van der Waals surface area contributed by atoms with Crippen molar-refractivity contribution in [2.24, 2.45) is 0 Å². The van der Waals surface area contributed by atoms with Gasteiger partial charge in [0.25, 0.3) is 0 Å². The average Bonchev–Trinajstić information content (AvgIpc) is 2.45. The molecule has 1 heteroatoms. The Labute approximate surface area is 108 Å². The van der Waals surface area contributed by atoms with Gasteiger partial charge in [0, 0.05) is 6.42 Å². The fourth-order valence-corrected chi connectivity index (χ4v) is 2.05. The molecule has 0 aliphatic heterocycles. The van der Waals surface area contributed by atoms with Crippen molar-refractivity contribution < 1.29 is 4.79 Å². The lowest BCUT2D eigenvalue weighted by Crippen LogP contribution is -1.86. The third-order valence-corrected chi connectivity index (χ3v) is 3.10. The summed E-state index contributed by atoms with van der Waals surface area (Å²) in [5.41, 5.74) is 3.86. The number of benzene rings is 2. The van der Waals surface area contributed by atoms with Crippen molar-refractivity contribution in [1.29, 1.82) is 0 Å². The summed E-state index contributed by atoms with van der Waals surface area (Å²) in [6.07, 6.45) is 4.82. The van der Waals surface area contributed by atoms with Gasteiger partial charge >= 0.3 is 0 Å². The van der Waals surface area contributed by atoms with Gasteiger partial charge in [-0.15, -0.1) is 0 Å². The number of carbonyl (C=O) groups is 1. The molecule has 0 heterocycles. The van der Waals surface area contributed by atoms with E-state index in [4.69, 9.17) is 0 Å². The molecule has 92 valence electrons. The molecule has 0 unspecified atom stereocenters. The van der Waals surface area contributed by atoms with Crippen LogP contribution in [0, 0.1) is 0 Å². The second kappa shape index (κ2) is 6.75. The van der Waals surface area contributed by atoms with Gasteiger partial charge in [-0.1, -0.05) is 54.6 Å². The SMILES string of the molecule is O=CCCCCc1ccc(-c2ccccc2)cc1. The van der Waals surface area contributed by atoms with E-state index in [1.807, 2.05) is 6.07 Å². The fourth-order valence-electron chi connectivity index (χ4n) is 2.05. The Morgan fingerprint density at radius 2 is 1.44 bits per heavy atom. The zero-order chi connectivity index (χ0) is 12.6. The highest BCUT2D eigenvalue weighted by atomic mass is 16.1. The van der Waals surface area contributed by atoms with Crippen LogP contribution in [-0.4, -0.2) is 6.29 Å². The number of rotatable bonds is 6. The summed E-state index contributed by atoms with van der Waals surface area (Å²) in [5.74, 6) is 0. The van der Waals surface area contributed by atoms with Crippen molar-refractivity contribution >= 4 is 6.29 Å². The molecule has 2 rings (SSSR count). The van der Waals surface area contributed by atoms with Gasteiger partial charge < -0.3 is 4.79 Å². The summed E-state index contributed by atoms with van der Waals surface area (Å²) in [6.45, 7) is 0. The lowest BCUT2D eigenvalue weighted by Gasteiger charge is -2.04. The van der Waals surface area contributed by atoms with E-state index >= 15 is 0 Å². The molecule has 0 spiro atoms. The standard InChI is InChI=1S/C17H18O/c18-14-6-2-3-7-15-10-12-17(13-11-15)16-8-4-1-5-9-16/h1,4-5,8-14H,2-3,6-7H2. The minimum absolute atomic E-state index is 0.683. The Hall–Kier alpha value is -1.89. The normalized spacial score (nSPS) is 10.2. The van der Waals surface area contributed by atoms with Crippen LogP contribution in [0.15, 0.2) is 54.6 Å². The van der Waals surface area contributed by atoms with Crippen LogP contribution in [0.2, 0.25) is 0 Å².